The minimum Gasteiger partial charge on any atom is -0.335 e. The Hall–Kier alpha value is -2.20. The molecule has 0 N–H and O–H groups in total. The lowest BCUT2D eigenvalue weighted by molar-refractivity contribution is 0.0614. The van der Waals surface area contributed by atoms with Crippen molar-refractivity contribution in [2.24, 2.45) is 5.92 Å². The highest BCUT2D eigenvalue weighted by molar-refractivity contribution is 5.94. The smallest absolute Gasteiger partial charge is 0.255 e. The van der Waals surface area contributed by atoms with E-state index in [1.165, 1.54) is 18.4 Å². The van der Waals surface area contributed by atoms with Crippen LogP contribution < -0.4 is 0 Å². The minimum absolute atomic E-state index is 0.160. The molecule has 2 fully saturated rings. The maximum absolute atomic E-state index is 12.9. The highest BCUT2D eigenvalue weighted by Gasteiger charge is 2.36. The van der Waals surface area contributed by atoms with Crippen molar-refractivity contribution in [3.63, 3.8) is 0 Å². The van der Waals surface area contributed by atoms with E-state index in [0.29, 0.717) is 12.0 Å². The van der Waals surface area contributed by atoms with Gasteiger partial charge < -0.3 is 4.90 Å². The van der Waals surface area contributed by atoms with Gasteiger partial charge in [-0.3, -0.25) is 14.7 Å². The number of aromatic nitrogens is 1. The molecule has 3 heterocycles. The summed E-state index contributed by atoms with van der Waals surface area (Å²) in [7, 11) is 0. The first kappa shape index (κ1) is 17.2. The standard InChI is InChI=1S/C22H27N3O/c26-22(20-8-4-12-23-16-20)25-13-5-9-21(25)19-10-14-24(15-11-19)17-18-6-2-1-3-7-18/h1-4,6-8,12,16,19,21H,5,9-11,13-15,17H2/t21-/m0/s1. The number of hydrogen-bond acceptors (Lipinski definition) is 3. The van der Waals surface area contributed by atoms with Crippen LogP contribution in [0.25, 0.3) is 0 Å². The molecule has 0 saturated carbocycles. The highest BCUT2D eigenvalue weighted by atomic mass is 16.2. The van der Waals surface area contributed by atoms with E-state index in [1.54, 1.807) is 12.4 Å². The van der Waals surface area contributed by atoms with E-state index in [-0.39, 0.29) is 5.91 Å². The quantitative estimate of drug-likeness (QED) is 0.846. The van der Waals surface area contributed by atoms with Gasteiger partial charge in [0.05, 0.1) is 5.56 Å². The first-order valence-corrected chi connectivity index (χ1v) is 9.78. The number of benzene rings is 1. The second-order valence-corrected chi connectivity index (χ2v) is 7.55. The number of carbonyl (C=O) groups is 1. The summed E-state index contributed by atoms with van der Waals surface area (Å²) in [6, 6.07) is 14.8. The molecule has 1 aromatic heterocycles. The van der Waals surface area contributed by atoms with Crippen LogP contribution in [-0.4, -0.2) is 46.4 Å². The van der Waals surface area contributed by atoms with Gasteiger partial charge in [0.15, 0.2) is 0 Å². The largest absolute Gasteiger partial charge is 0.335 e. The van der Waals surface area contributed by atoms with Crippen LogP contribution in [0.4, 0.5) is 0 Å². The summed E-state index contributed by atoms with van der Waals surface area (Å²) in [6.45, 7) is 4.19. The molecule has 2 saturated heterocycles. The van der Waals surface area contributed by atoms with E-state index in [2.05, 4.69) is 45.1 Å². The molecule has 4 rings (SSSR count). The summed E-state index contributed by atoms with van der Waals surface area (Å²) in [5, 5.41) is 0. The zero-order chi connectivity index (χ0) is 17.8. The molecule has 0 spiro atoms. The van der Waals surface area contributed by atoms with Gasteiger partial charge in [0.2, 0.25) is 0 Å². The Morgan fingerprint density at radius 2 is 1.81 bits per heavy atom. The molecule has 0 radical (unpaired) electrons. The van der Waals surface area contributed by atoms with Crippen molar-refractivity contribution in [2.75, 3.05) is 19.6 Å². The van der Waals surface area contributed by atoms with Crippen molar-refractivity contribution in [3.05, 3.63) is 66.0 Å². The van der Waals surface area contributed by atoms with Crippen LogP contribution in [-0.2, 0) is 6.54 Å². The van der Waals surface area contributed by atoms with Gasteiger partial charge in [-0.1, -0.05) is 30.3 Å². The van der Waals surface area contributed by atoms with Gasteiger partial charge in [0, 0.05) is 31.5 Å². The van der Waals surface area contributed by atoms with Crippen LogP contribution in [0.15, 0.2) is 54.9 Å². The van der Waals surface area contributed by atoms with Gasteiger partial charge in [0.1, 0.15) is 0 Å². The summed E-state index contributed by atoms with van der Waals surface area (Å²) >= 11 is 0. The van der Waals surface area contributed by atoms with E-state index in [9.17, 15) is 4.79 Å². The lowest BCUT2D eigenvalue weighted by Gasteiger charge is -2.38. The Morgan fingerprint density at radius 1 is 1.00 bits per heavy atom. The fourth-order valence-corrected chi connectivity index (χ4v) is 4.53. The summed E-state index contributed by atoms with van der Waals surface area (Å²) in [5.74, 6) is 0.789. The average molecular weight is 349 g/mol. The SMILES string of the molecule is O=C(c1cccnc1)N1CCC[C@H]1C1CCN(Cc2ccccc2)CC1. The van der Waals surface area contributed by atoms with Crippen molar-refractivity contribution in [1.29, 1.82) is 0 Å². The molecule has 136 valence electrons. The van der Waals surface area contributed by atoms with E-state index < -0.39 is 0 Å². The predicted molar refractivity (Wildman–Crippen MR) is 103 cm³/mol. The number of amides is 1. The van der Waals surface area contributed by atoms with Gasteiger partial charge in [0.25, 0.3) is 5.91 Å². The number of hydrogen-bond donors (Lipinski definition) is 0. The molecule has 0 unspecified atom stereocenters. The molecule has 26 heavy (non-hydrogen) atoms. The third-order valence-corrected chi connectivity index (χ3v) is 5.89. The van der Waals surface area contributed by atoms with Crippen molar-refractivity contribution in [2.45, 2.75) is 38.3 Å². The number of carbonyl (C=O) groups excluding carboxylic acids is 1. The number of likely N-dealkylation sites (tertiary alicyclic amines) is 2. The maximum Gasteiger partial charge on any atom is 0.255 e. The van der Waals surface area contributed by atoms with Crippen LogP contribution in [0, 0.1) is 5.92 Å². The molecule has 0 aliphatic carbocycles. The Labute approximate surface area is 155 Å². The topological polar surface area (TPSA) is 36.4 Å². The summed E-state index contributed by atoms with van der Waals surface area (Å²) in [4.78, 5) is 21.7. The Bertz CT molecular complexity index is 711. The summed E-state index contributed by atoms with van der Waals surface area (Å²) in [5.41, 5.74) is 2.11. The molecule has 4 heteroatoms. The first-order chi connectivity index (χ1) is 12.8. The van der Waals surface area contributed by atoms with E-state index in [1.807, 2.05) is 12.1 Å². The molecule has 2 aliphatic heterocycles. The fourth-order valence-electron chi connectivity index (χ4n) is 4.53. The number of pyridine rings is 1. The van der Waals surface area contributed by atoms with E-state index in [4.69, 9.17) is 0 Å². The van der Waals surface area contributed by atoms with Crippen molar-refractivity contribution >= 4 is 5.91 Å². The molecule has 1 amide bonds. The minimum atomic E-state index is 0.160. The molecular weight excluding hydrogens is 322 g/mol. The van der Waals surface area contributed by atoms with Gasteiger partial charge in [-0.05, 0) is 62.4 Å². The zero-order valence-corrected chi connectivity index (χ0v) is 15.3. The van der Waals surface area contributed by atoms with Crippen molar-refractivity contribution in [3.8, 4) is 0 Å². The molecule has 1 aromatic carbocycles. The molecule has 0 bridgehead atoms. The van der Waals surface area contributed by atoms with Crippen molar-refractivity contribution in [1.82, 2.24) is 14.8 Å². The third-order valence-electron chi connectivity index (χ3n) is 5.89. The monoisotopic (exact) mass is 349 g/mol. The summed E-state index contributed by atoms with van der Waals surface area (Å²) < 4.78 is 0. The highest BCUT2D eigenvalue weighted by Crippen LogP contribution is 2.32. The molecule has 1 atom stereocenters. The molecule has 2 aliphatic rings. The second kappa shape index (κ2) is 8.00. The summed E-state index contributed by atoms with van der Waals surface area (Å²) in [6.07, 6.45) is 8.07. The number of piperidine rings is 1. The Morgan fingerprint density at radius 3 is 2.54 bits per heavy atom. The van der Waals surface area contributed by atoms with Crippen molar-refractivity contribution < 1.29 is 4.79 Å². The second-order valence-electron chi connectivity index (χ2n) is 7.55. The number of nitrogens with zero attached hydrogens (tertiary/aromatic N) is 3. The van der Waals surface area contributed by atoms with Gasteiger partial charge in [-0.15, -0.1) is 0 Å². The molecule has 2 aromatic rings. The fraction of sp³-hybridized carbons (Fsp3) is 0.455. The predicted octanol–water partition coefficient (Wildman–Crippen LogP) is 3.60. The van der Waals surface area contributed by atoms with Crippen LogP contribution in [0.5, 0.6) is 0 Å². The van der Waals surface area contributed by atoms with E-state index in [0.717, 1.165) is 44.6 Å². The Balaban J connectivity index is 1.35. The van der Waals surface area contributed by atoms with Crippen LogP contribution in [0.3, 0.4) is 0 Å². The van der Waals surface area contributed by atoms with Gasteiger partial charge in [-0.2, -0.15) is 0 Å². The third kappa shape index (κ3) is 3.80. The average Bonchev–Trinajstić information content (AvgIpc) is 3.19. The normalized spacial score (nSPS) is 21.8. The number of rotatable bonds is 4. The van der Waals surface area contributed by atoms with Gasteiger partial charge >= 0.3 is 0 Å². The van der Waals surface area contributed by atoms with Crippen LogP contribution in [0.1, 0.15) is 41.6 Å². The first-order valence-electron chi connectivity index (χ1n) is 9.78. The Kier molecular flexibility index (Phi) is 5.30. The molecular formula is C22H27N3O. The molecule has 4 nitrogen and oxygen atoms in total. The van der Waals surface area contributed by atoms with Gasteiger partial charge in [-0.25, -0.2) is 0 Å². The lowest BCUT2D eigenvalue weighted by Crippen LogP contribution is -2.44. The zero-order valence-electron chi connectivity index (χ0n) is 15.3. The van der Waals surface area contributed by atoms with Crippen LogP contribution in [0.2, 0.25) is 0 Å². The van der Waals surface area contributed by atoms with E-state index >= 15 is 0 Å². The lowest BCUT2D eigenvalue weighted by atomic mass is 9.87. The maximum atomic E-state index is 12.9. The van der Waals surface area contributed by atoms with Crippen LogP contribution >= 0.6 is 0 Å².